The number of amides is 2. The third-order valence-corrected chi connectivity index (χ3v) is 4.64. The maximum atomic E-state index is 12.3. The van der Waals surface area contributed by atoms with Gasteiger partial charge in [0.15, 0.2) is 11.5 Å². The fourth-order valence-corrected chi connectivity index (χ4v) is 3.35. The zero-order valence-corrected chi connectivity index (χ0v) is 15.6. The molecule has 1 saturated carbocycles. The van der Waals surface area contributed by atoms with Crippen LogP contribution in [-0.4, -0.2) is 25.5 Å². The van der Waals surface area contributed by atoms with Crippen LogP contribution < -0.4 is 20.3 Å². The monoisotopic (exact) mass is 398 g/mol. The molecule has 0 radical (unpaired) electrons. The number of carbonyl (C=O) groups excluding carboxylic acids is 2. The highest BCUT2D eigenvalue weighted by atomic mass is 79.9. The van der Waals surface area contributed by atoms with Gasteiger partial charge in [-0.1, -0.05) is 19.3 Å². The van der Waals surface area contributed by atoms with Crippen molar-refractivity contribution in [3.05, 3.63) is 22.2 Å². The van der Waals surface area contributed by atoms with Crippen LogP contribution in [0.1, 0.15) is 49.4 Å². The molecule has 24 heavy (non-hydrogen) atoms. The van der Waals surface area contributed by atoms with Crippen LogP contribution in [0.5, 0.6) is 11.5 Å². The second-order valence-corrected chi connectivity index (χ2v) is 6.56. The van der Waals surface area contributed by atoms with Crippen LogP contribution in [0.3, 0.4) is 0 Å². The molecule has 1 aromatic carbocycles. The minimum Gasteiger partial charge on any atom is -0.493 e. The Labute approximate surface area is 150 Å². The Morgan fingerprint density at radius 3 is 2.54 bits per heavy atom. The van der Waals surface area contributed by atoms with Gasteiger partial charge in [-0.3, -0.25) is 20.4 Å². The lowest BCUT2D eigenvalue weighted by molar-refractivity contribution is -0.126. The second-order valence-electron chi connectivity index (χ2n) is 5.70. The zero-order chi connectivity index (χ0) is 17.5. The Morgan fingerprint density at radius 2 is 1.92 bits per heavy atom. The van der Waals surface area contributed by atoms with Gasteiger partial charge in [-0.05, 0) is 47.8 Å². The number of halogens is 1. The molecule has 2 N–H and O–H groups in total. The Balaban J connectivity index is 2.01. The van der Waals surface area contributed by atoms with E-state index in [0.29, 0.717) is 28.1 Å². The van der Waals surface area contributed by atoms with Crippen LogP contribution in [0, 0.1) is 5.92 Å². The van der Waals surface area contributed by atoms with Crippen LogP contribution in [0.2, 0.25) is 0 Å². The summed E-state index contributed by atoms with van der Waals surface area (Å²) in [4.78, 5) is 24.4. The van der Waals surface area contributed by atoms with E-state index in [-0.39, 0.29) is 11.8 Å². The number of rotatable bonds is 5. The van der Waals surface area contributed by atoms with Crippen molar-refractivity contribution in [1.29, 1.82) is 0 Å². The summed E-state index contributed by atoms with van der Waals surface area (Å²) in [6, 6.07) is 3.22. The average molecular weight is 399 g/mol. The molecule has 0 spiro atoms. The fraction of sp³-hybridized carbons (Fsp3) is 0.529. The first-order valence-corrected chi connectivity index (χ1v) is 8.96. The maximum Gasteiger partial charge on any atom is 0.269 e. The number of hydrogen-bond acceptors (Lipinski definition) is 4. The number of benzene rings is 1. The number of carbonyl (C=O) groups is 2. The molecular formula is C17H23BrN2O4. The number of methoxy groups -OCH3 is 1. The minimum absolute atomic E-state index is 0.0133. The second kappa shape index (κ2) is 8.92. The van der Waals surface area contributed by atoms with Crippen LogP contribution in [0.4, 0.5) is 0 Å². The van der Waals surface area contributed by atoms with Crippen molar-refractivity contribution in [3.8, 4) is 11.5 Å². The van der Waals surface area contributed by atoms with Crippen molar-refractivity contribution in [2.45, 2.75) is 39.0 Å². The van der Waals surface area contributed by atoms with Crippen molar-refractivity contribution in [2.24, 2.45) is 5.92 Å². The molecule has 6 nitrogen and oxygen atoms in total. The van der Waals surface area contributed by atoms with Crippen LogP contribution >= 0.6 is 15.9 Å². The summed E-state index contributed by atoms with van der Waals surface area (Å²) in [5, 5.41) is 0. The lowest BCUT2D eigenvalue weighted by Gasteiger charge is -2.21. The van der Waals surface area contributed by atoms with Crippen molar-refractivity contribution in [2.75, 3.05) is 13.7 Å². The molecule has 2 amide bonds. The van der Waals surface area contributed by atoms with E-state index < -0.39 is 5.91 Å². The van der Waals surface area contributed by atoms with Gasteiger partial charge >= 0.3 is 0 Å². The molecule has 1 aromatic rings. The Kier molecular flexibility index (Phi) is 6.90. The molecule has 0 aromatic heterocycles. The largest absolute Gasteiger partial charge is 0.493 e. The predicted octanol–water partition coefficient (Wildman–Crippen LogP) is 3.20. The first kappa shape index (κ1) is 18.6. The SMILES string of the molecule is CCOc1c(Br)cc(C(=O)NNC(=O)C2CCCCC2)cc1OC. The van der Waals surface area contributed by atoms with Gasteiger partial charge in [-0.25, -0.2) is 0 Å². The highest BCUT2D eigenvalue weighted by Crippen LogP contribution is 2.36. The van der Waals surface area contributed by atoms with Crippen molar-refractivity contribution >= 4 is 27.7 Å². The summed E-state index contributed by atoms with van der Waals surface area (Å²) in [7, 11) is 1.51. The van der Waals surface area contributed by atoms with Crippen molar-refractivity contribution in [3.63, 3.8) is 0 Å². The van der Waals surface area contributed by atoms with Gasteiger partial charge in [-0.2, -0.15) is 0 Å². The van der Waals surface area contributed by atoms with E-state index >= 15 is 0 Å². The van der Waals surface area contributed by atoms with Gasteiger partial charge < -0.3 is 9.47 Å². The topological polar surface area (TPSA) is 76.7 Å². The standard InChI is InChI=1S/C17H23BrN2O4/c1-3-24-15-13(18)9-12(10-14(15)23-2)17(22)20-19-16(21)11-7-5-4-6-8-11/h9-11H,3-8H2,1-2H3,(H,19,21)(H,20,22). The zero-order valence-electron chi connectivity index (χ0n) is 14.0. The molecular weight excluding hydrogens is 376 g/mol. The van der Waals surface area contributed by atoms with E-state index in [0.717, 1.165) is 25.7 Å². The third kappa shape index (κ3) is 4.63. The summed E-state index contributed by atoms with van der Waals surface area (Å²) < 4.78 is 11.4. The molecule has 1 fully saturated rings. The molecule has 0 atom stereocenters. The van der Waals surface area contributed by atoms with Gasteiger partial charge in [0.05, 0.1) is 18.2 Å². The van der Waals surface area contributed by atoms with Gasteiger partial charge in [0, 0.05) is 11.5 Å². The Bertz CT molecular complexity index is 600. The molecule has 0 saturated heterocycles. The molecule has 0 bridgehead atoms. The quantitative estimate of drug-likeness (QED) is 0.746. The molecule has 0 unspecified atom stereocenters. The predicted molar refractivity (Wildman–Crippen MR) is 94.0 cm³/mol. The summed E-state index contributed by atoms with van der Waals surface area (Å²) in [5.41, 5.74) is 5.36. The Morgan fingerprint density at radius 1 is 1.21 bits per heavy atom. The minimum atomic E-state index is -0.402. The van der Waals surface area contributed by atoms with E-state index in [1.807, 2.05) is 6.92 Å². The number of hydrogen-bond donors (Lipinski definition) is 2. The average Bonchev–Trinajstić information content (AvgIpc) is 2.61. The number of nitrogens with one attached hydrogen (secondary N) is 2. The molecule has 7 heteroatoms. The Hall–Kier alpha value is -1.76. The van der Waals surface area contributed by atoms with Crippen LogP contribution in [-0.2, 0) is 4.79 Å². The highest BCUT2D eigenvalue weighted by molar-refractivity contribution is 9.10. The third-order valence-electron chi connectivity index (χ3n) is 4.06. The first-order valence-electron chi connectivity index (χ1n) is 8.17. The lowest BCUT2D eigenvalue weighted by Crippen LogP contribution is -2.44. The van der Waals surface area contributed by atoms with Gasteiger partial charge in [-0.15, -0.1) is 0 Å². The fourth-order valence-electron chi connectivity index (χ4n) is 2.79. The molecule has 0 aliphatic heterocycles. The van der Waals surface area contributed by atoms with Crippen LogP contribution in [0.15, 0.2) is 16.6 Å². The molecule has 0 heterocycles. The summed E-state index contributed by atoms with van der Waals surface area (Å²) in [6.45, 7) is 2.35. The van der Waals surface area contributed by atoms with Crippen molar-refractivity contribution in [1.82, 2.24) is 10.9 Å². The van der Waals surface area contributed by atoms with E-state index in [2.05, 4.69) is 26.8 Å². The van der Waals surface area contributed by atoms with Gasteiger partial charge in [0.25, 0.3) is 5.91 Å². The van der Waals surface area contributed by atoms with Crippen molar-refractivity contribution < 1.29 is 19.1 Å². The number of ether oxygens (including phenoxy) is 2. The van der Waals surface area contributed by atoms with E-state index in [1.54, 1.807) is 12.1 Å². The normalized spacial score (nSPS) is 14.8. The van der Waals surface area contributed by atoms with Crippen LogP contribution in [0.25, 0.3) is 0 Å². The maximum absolute atomic E-state index is 12.3. The van der Waals surface area contributed by atoms with E-state index in [4.69, 9.17) is 9.47 Å². The first-order chi connectivity index (χ1) is 11.6. The number of hydrazine groups is 1. The smallest absolute Gasteiger partial charge is 0.269 e. The highest BCUT2D eigenvalue weighted by Gasteiger charge is 2.22. The van der Waals surface area contributed by atoms with E-state index in [9.17, 15) is 9.59 Å². The molecule has 1 aliphatic carbocycles. The van der Waals surface area contributed by atoms with Gasteiger partial charge in [0.1, 0.15) is 0 Å². The molecule has 1 aliphatic rings. The lowest BCUT2D eigenvalue weighted by atomic mass is 9.89. The van der Waals surface area contributed by atoms with Gasteiger partial charge in [0.2, 0.25) is 5.91 Å². The summed E-state index contributed by atoms with van der Waals surface area (Å²) in [6.07, 6.45) is 5.06. The molecule has 2 rings (SSSR count). The summed E-state index contributed by atoms with van der Waals surface area (Å²) >= 11 is 3.38. The summed E-state index contributed by atoms with van der Waals surface area (Å²) in [5.74, 6) is 0.458. The molecule has 132 valence electrons. The van der Waals surface area contributed by atoms with E-state index in [1.165, 1.54) is 13.5 Å².